The van der Waals surface area contributed by atoms with Crippen molar-refractivity contribution in [1.82, 2.24) is 15.5 Å². The first kappa shape index (κ1) is 15.9. The molecule has 0 aromatic heterocycles. The van der Waals surface area contributed by atoms with Gasteiger partial charge in [-0.05, 0) is 39.2 Å². The lowest BCUT2D eigenvalue weighted by Crippen LogP contribution is -2.48. The van der Waals surface area contributed by atoms with Gasteiger partial charge >= 0.3 is 6.03 Å². The number of nitrogens with one attached hydrogen (secondary N) is 2. The van der Waals surface area contributed by atoms with E-state index in [1.165, 1.54) is 0 Å². The third-order valence-corrected chi connectivity index (χ3v) is 3.60. The quantitative estimate of drug-likeness (QED) is 0.676. The van der Waals surface area contributed by atoms with E-state index < -0.39 is 6.03 Å². The molecule has 0 unspecified atom stereocenters. The highest BCUT2D eigenvalue weighted by Gasteiger charge is 2.24. The molecule has 0 spiro atoms. The first-order valence-electron chi connectivity index (χ1n) is 7.14. The van der Waals surface area contributed by atoms with E-state index in [0.29, 0.717) is 18.6 Å². The summed E-state index contributed by atoms with van der Waals surface area (Å²) < 4.78 is 0. The standard InChI is InChI=1S/C13H26N4O2/c1-3-15-13(19)16-12(18)9-17(4-2)11-7-5-10(14)6-8-11/h10-11H,3-9,14H2,1-2H3,(H2,15,16,18,19). The molecule has 6 heteroatoms. The van der Waals surface area contributed by atoms with Crippen LogP contribution in [0.1, 0.15) is 39.5 Å². The maximum atomic E-state index is 11.8. The molecule has 3 amide bonds. The molecular weight excluding hydrogens is 244 g/mol. The highest BCUT2D eigenvalue weighted by atomic mass is 16.2. The van der Waals surface area contributed by atoms with Crippen LogP contribution < -0.4 is 16.4 Å². The van der Waals surface area contributed by atoms with Gasteiger partial charge in [0.2, 0.25) is 5.91 Å². The molecule has 19 heavy (non-hydrogen) atoms. The molecule has 0 heterocycles. The van der Waals surface area contributed by atoms with E-state index in [1.807, 2.05) is 13.8 Å². The Kier molecular flexibility index (Phi) is 6.80. The van der Waals surface area contributed by atoms with Crippen molar-refractivity contribution in [3.05, 3.63) is 0 Å². The Labute approximate surface area is 115 Å². The number of hydrogen-bond acceptors (Lipinski definition) is 4. The van der Waals surface area contributed by atoms with E-state index in [-0.39, 0.29) is 12.5 Å². The van der Waals surface area contributed by atoms with E-state index in [2.05, 4.69) is 15.5 Å². The van der Waals surface area contributed by atoms with Crippen LogP contribution >= 0.6 is 0 Å². The van der Waals surface area contributed by atoms with Gasteiger partial charge in [0.25, 0.3) is 0 Å². The summed E-state index contributed by atoms with van der Waals surface area (Å²) in [7, 11) is 0. The molecule has 1 aliphatic rings. The van der Waals surface area contributed by atoms with Gasteiger partial charge in [0.1, 0.15) is 0 Å². The van der Waals surface area contributed by atoms with Gasteiger partial charge in [-0.2, -0.15) is 0 Å². The number of hydrogen-bond donors (Lipinski definition) is 3. The molecule has 0 aliphatic heterocycles. The number of amides is 3. The Morgan fingerprint density at radius 1 is 1.21 bits per heavy atom. The van der Waals surface area contributed by atoms with Crippen LogP contribution in [-0.2, 0) is 4.79 Å². The Hall–Kier alpha value is -1.14. The van der Waals surface area contributed by atoms with Gasteiger partial charge in [0, 0.05) is 18.6 Å². The molecule has 1 saturated carbocycles. The lowest BCUT2D eigenvalue weighted by Gasteiger charge is -2.34. The van der Waals surface area contributed by atoms with E-state index >= 15 is 0 Å². The number of nitrogens with zero attached hydrogens (tertiary/aromatic N) is 1. The van der Waals surface area contributed by atoms with Crippen LogP contribution in [0.25, 0.3) is 0 Å². The lowest BCUT2D eigenvalue weighted by molar-refractivity contribution is -0.121. The van der Waals surface area contributed by atoms with Crippen molar-refractivity contribution in [2.45, 2.75) is 51.6 Å². The third kappa shape index (κ3) is 5.57. The Morgan fingerprint density at radius 2 is 1.84 bits per heavy atom. The van der Waals surface area contributed by atoms with Crippen molar-refractivity contribution in [2.75, 3.05) is 19.6 Å². The second kappa shape index (κ2) is 8.12. The molecule has 4 N–H and O–H groups in total. The van der Waals surface area contributed by atoms with Gasteiger partial charge in [-0.1, -0.05) is 6.92 Å². The van der Waals surface area contributed by atoms with Gasteiger partial charge in [-0.25, -0.2) is 4.79 Å². The van der Waals surface area contributed by atoms with Crippen molar-refractivity contribution in [3.63, 3.8) is 0 Å². The first-order chi connectivity index (χ1) is 9.06. The summed E-state index contributed by atoms with van der Waals surface area (Å²) in [4.78, 5) is 25.2. The fraction of sp³-hybridized carbons (Fsp3) is 0.846. The summed E-state index contributed by atoms with van der Waals surface area (Å²) in [5.74, 6) is -0.248. The number of carbonyl (C=O) groups excluding carboxylic acids is 2. The van der Waals surface area contributed by atoms with Crippen LogP contribution in [-0.4, -0.2) is 48.6 Å². The fourth-order valence-corrected chi connectivity index (χ4v) is 2.52. The fourth-order valence-electron chi connectivity index (χ4n) is 2.52. The lowest BCUT2D eigenvalue weighted by atomic mass is 9.91. The van der Waals surface area contributed by atoms with Crippen molar-refractivity contribution < 1.29 is 9.59 Å². The average Bonchev–Trinajstić information content (AvgIpc) is 2.37. The highest BCUT2D eigenvalue weighted by Crippen LogP contribution is 2.21. The molecule has 0 bridgehead atoms. The zero-order chi connectivity index (χ0) is 14.3. The molecule has 0 aromatic rings. The monoisotopic (exact) mass is 270 g/mol. The van der Waals surface area contributed by atoms with Gasteiger partial charge in [0.15, 0.2) is 0 Å². The van der Waals surface area contributed by atoms with Crippen molar-refractivity contribution in [2.24, 2.45) is 5.73 Å². The normalized spacial score (nSPS) is 23.2. The Balaban J connectivity index is 2.39. The topological polar surface area (TPSA) is 87.5 Å². The summed E-state index contributed by atoms with van der Waals surface area (Å²) in [5.41, 5.74) is 5.89. The van der Waals surface area contributed by atoms with Crippen LogP contribution in [0.15, 0.2) is 0 Å². The Bertz CT molecular complexity index is 301. The number of imide groups is 1. The second-order valence-corrected chi connectivity index (χ2v) is 5.04. The minimum Gasteiger partial charge on any atom is -0.338 e. The Morgan fingerprint density at radius 3 is 2.37 bits per heavy atom. The summed E-state index contributed by atoms with van der Waals surface area (Å²) in [5, 5.41) is 4.89. The van der Waals surface area contributed by atoms with Gasteiger partial charge in [-0.3, -0.25) is 15.0 Å². The van der Waals surface area contributed by atoms with E-state index in [0.717, 1.165) is 32.2 Å². The third-order valence-electron chi connectivity index (χ3n) is 3.60. The summed E-state index contributed by atoms with van der Waals surface area (Å²) in [6.07, 6.45) is 4.09. The van der Waals surface area contributed by atoms with Crippen LogP contribution in [0.5, 0.6) is 0 Å². The predicted molar refractivity (Wildman–Crippen MR) is 74.7 cm³/mol. The number of carbonyl (C=O) groups is 2. The maximum Gasteiger partial charge on any atom is 0.321 e. The maximum absolute atomic E-state index is 11.8. The smallest absolute Gasteiger partial charge is 0.321 e. The van der Waals surface area contributed by atoms with Gasteiger partial charge < -0.3 is 11.1 Å². The molecule has 1 rings (SSSR count). The van der Waals surface area contributed by atoms with Gasteiger partial charge in [-0.15, -0.1) is 0 Å². The van der Waals surface area contributed by atoms with E-state index in [1.54, 1.807) is 0 Å². The minimum absolute atomic E-state index is 0.248. The highest BCUT2D eigenvalue weighted by molar-refractivity contribution is 5.95. The first-order valence-corrected chi connectivity index (χ1v) is 7.14. The van der Waals surface area contributed by atoms with Crippen LogP contribution in [0.2, 0.25) is 0 Å². The zero-order valence-electron chi connectivity index (χ0n) is 11.9. The zero-order valence-corrected chi connectivity index (χ0v) is 11.9. The van der Waals surface area contributed by atoms with Crippen molar-refractivity contribution in [1.29, 1.82) is 0 Å². The minimum atomic E-state index is -0.422. The predicted octanol–water partition coefficient (Wildman–Crippen LogP) is 0.424. The second-order valence-electron chi connectivity index (χ2n) is 5.04. The summed E-state index contributed by atoms with van der Waals surface area (Å²) in [6.45, 7) is 5.44. The number of urea groups is 1. The van der Waals surface area contributed by atoms with Gasteiger partial charge in [0.05, 0.1) is 6.54 Å². The van der Waals surface area contributed by atoms with E-state index in [9.17, 15) is 9.59 Å². The van der Waals surface area contributed by atoms with E-state index in [4.69, 9.17) is 5.73 Å². The summed E-state index contributed by atoms with van der Waals surface area (Å²) in [6, 6.07) is 0.290. The van der Waals surface area contributed by atoms with Crippen molar-refractivity contribution in [3.8, 4) is 0 Å². The number of likely N-dealkylation sites (N-methyl/N-ethyl adjacent to an activating group) is 1. The average molecular weight is 270 g/mol. The molecular formula is C13H26N4O2. The van der Waals surface area contributed by atoms with Crippen LogP contribution in [0.3, 0.4) is 0 Å². The van der Waals surface area contributed by atoms with Crippen LogP contribution in [0, 0.1) is 0 Å². The van der Waals surface area contributed by atoms with Crippen LogP contribution in [0.4, 0.5) is 4.79 Å². The SMILES string of the molecule is CCNC(=O)NC(=O)CN(CC)C1CCC(N)CC1. The number of nitrogens with two attached hydrogens (primary N) is 1. The number of rotatable bonds is 5. The molecule has 1 aliphatic carbocycles. The molecule has 1 fully saturated rings. The molecule has 6 nitrogen and oxygen atoms in total. The summed E-state index contributed by atoms with van der Waals surface area (Å²) >= 11 is 0. The molecule has 110 valence electrons. The van der Waals surface area contributed by atoms with Crippen molar-refractivity contribution >= 4 is 11.9 Å². The molecule has 0 aromatic carbocycles. The molecule has 0 radical (unpaired) electrons. The molecule has 0 saturated heterocycles. The largest absolute Gasteiger partial charge is 0.338 e. The molecule has 0 atom stereocenters.